The number of aromatic nitrogens is 4. The van der Waals surface area contributed by atoms with Gasteiger partial charge in [0.05, 0.1) is 26.2 Å². The van der Waals surface area contributed by atoms with Gasteiger partial charge in [0.25, 0.3) is 5.56 Å². The summed E-state index contributed by atoms with van der Waals surface area (Å²) in [5.41, 5.74) is -2.37. The largest absolute Gasteiger partial charge is 0.480 e. The number of carboxylic acid groups (broad SMARTS) is 1. The van der Waals surface area contributed by atoms with Crippen LogP contribution in [0.25, 0.3) is 21.3 Å². The molecule has 1 unspecified atom stereocenters. The molecule has 0 bridgehead atoms. The lowest BCUT2D eigenvalue weighted by molar-refractivity contribution is -0.141. The number of hydrogen-bond donors (Lipinski definition) is 2. The predicted molar refractivity (Wildman–Crippen MR) is 102 cm³/mol. The Balaban J connectivity index is 1.79. The zero-order valence-corrected chi connectivity index (χ0v) is 15.6. The van der Waals surface area contributed by atoms with E-state index in [9.17, 15) is 32.7 Å². The second kappa shape index (κ2) is 7.06. The summed E-state index contributed by atoms with van der Waals surface area (Å²) in [4.78, 5) is 47.3. The monoisotopic (exact) mass is 436 g/mol. The summed E-state index contributed by atoms with van der Waals surface area (Å²) >= 11 is 0.869. The fraction of sp³-hybridized carbons (Fsp3) is 0.167. The van der Waals surface area contributed by atoms with Crippen LogP contribution in [0.4, 0.5) is 13.2 Å². The molecule has 4 rings (SSSR count). The Morgan fingerprint density at radius 2 is 2.03 bits per heavy atom. The van der Waals surface area contributed by atoms with Gasteiger partial charge in [-0.3, -0.25) is 9.78 Å². The lowest BCUT2D eigenvalue weighted by Gasteiger charge is -2.13. The molecule has 0 radical (unpaired) electrons. The number of thiazole rings is 1. The van der Waals surface area contributed by atoms with Crippen molar-refractivity contribution >= 4 is 38.6 Å². The minimum absolute atomic E-state index is 0.0209. The Morgan fingerprint density at radius 3 is 2.73 bits per heavy atom. The molecule has 2 N–H and O–H groups in total. The first-order valence-electron chi connectivity index (χ1n) is 8.44. The molecule has 8 nitrogen and oxygen atoms in total. The summed E-state index contributed by atoms with van der Waals surface area (Å²) in [5.74, 6) is -1.46. The molecule has 0 amide bonds. The van der Waals surface area contributed by atoms with Crippen molar-refractivity contribution in [2.24, 2.45) is 0 Å². The molecule has 1 atom stereocenters. The molecule has 0 aliphatic rings. The zero-order valence-electron chi connectivity index (χ0n) is 14.8. The molecule has 0 aliphatic carbocycles. The highest BCUT2D eigenvalue weighted by Gasteiger charge is 2.31. The van der Waals surface area contributed by atoms with Crippen molar-refractivity contribution in [3.63, 3.8) is 0 Å². The summed E-state index contributed by atoms with van der Waals surface area (Å²) in [6.45, 7) is 0. The van der Waals surface area contributed by atoms with Gasteiger partial charge in [-0.2, -0.15) is 13.2 Å². The maximum Gasteiger partial charge on any atom is 0.416 e. The minimum Gasteiger partial charge on any atom is -0.480 e. The number of nitrogens with one attached hydrogen (secondary N) is 1. The standard InChI is InChI=1S/C18H11F3N4O4S/c19-18(20,21)8-3-4-10-12(6-8)30-13(23-10)7-11(16(27)28)25-15(26)9-2-1-5-22-14(9)24-17(25)29/h1-6,11H,7H2,(H,27,28)(H,22,24,29). The Kier molecular flexibility index (Phi) is 4.65. The second-order valence-corrected chi connectivity index (χ2v) is 7.47. The normalized spacial score (nSPS) is 13.0. The summed E-state index contributed by atoms with van der Waals surface area (Å²) in [6, 6.07) is 4.25. The molecule has 3 heterocycles. The van der Waals surface area contributed by atoms with Crippen molar-refractivity contribution < 1.29 is 23.1 Å². The highest BCUT2D eigenvalue weighted by Crippen LogP contribution is 2.33. The number of rotatable bonds is 4. The molecule has 0 saturated carbocycles. The van der Waals surface area contributed by atoms with Crippen LogP contribution in [0.3, 0.4) is 0 Å². The second-order valence-electron chi connectivity index (χ2n) is 6.35. The average molecular weight is 436 g/mol. The third kappa shape index (κ3) is 3.45. The Hall–Kier alpha value is -3.54. The number of aliphatic carboxylic acids is 1. The molecule has 12 heteroatoms. The lowest BCUT2D eigenvalue weighted by atomic mass is 10.2. The zero-order chi connectivity index (χ0) is 21.6. The summed E-state index contributed by atoms with van der Waals surface area (Å²) in [6.07, 6.45) is -3.51. The number of carbonyl (C=O) groups is 1. The van der Waals surface area contributed by atoms with Gasteiger partial charge in [-0.25, -0.2) is 24.1 Å². The molecule has 30 heavy (non-hydrogen) atoms. The number of H-pyrrole nitrogens is 1. The maximum atomic E-state index is 12.9. The Morgan fingerprint density at radius 1 is 1.27 bits per heavy atom. The Labute approximate surface area is 168 Å². The maximum absolute atomic E-state index is 12.9. The van der Waals surface area contributed by atoms with Crippen LogP contribution in [0.5, 0.6) is 0 Å². The van der Waals surface area contributed by atoms with Crippen molar-refractivity contribution in [1.82, 2.24) is 19.5 Å². The van der Waals surface area contributed by atoms with E-state index >= 15 is 0 Å². The molecule has 3 aromatic heterocycles. The molecule has 0 saturated heterocycles. The van der Waals surface area contributed by atoms with Gasteiger partial charge in [-0.05, 0) is 30.3 Å². The van der Waals surface area contributed by atoms with E-state index in [1.165, 1.54) is 24.4 Å². The van der Waals surface area contributed by atoms with E-state index in [2.05, 4.69) is 15.0 Å². The molecular formula is C18H11F3N4O4S. The number of halogens is 3. The molecular weight excluding hydrogens is 425 g/mol. The van der Waals surface area contributed by atoms with Crippen molar-refractivity contribution in [3.8, 4) is 0 Å². The SMILES string of the molecule is O=C(O)C(Cc1nc2ccc(C(F)(F)F)cc2s1)n1c(=O)[nH]c2ncccc2c1=O. The van der Waals surface area contributed by atoms with E-state index in [-0.39, 0.29) is 32.7 Å². The van der Waals surface area contributed by atoms with Crippen LogP contribution >= 0.6 is 11.3 Å². The number of benzene rings is 1. The average Bonchev–Trinajstić information content (AvgIpc) is 3.08. The van der Waals surface area contributed by atoms with Gasteiger partial charge < -0.3 is 5.11 Å². The minimum atomic E-state index is -4.53. The van der Waals surface area contributed by atoms with Gasteiger partial charge >= 0.3 is 17.8 Å². The molecule has 0 fully saturated rings. The predicted octanol–water partition coefficient (Wildman–Crippen LogP) is 2.58. The number of pyridine rings is 1. The van der Waals surface area contributed by atoms with Crippen molar-refractivity contribution in [2.75, 3.05) is 0 Å². The van der Waals surface area contributed by atoms with Crippen LogP contribution in [-0.4, -0.2) is 30.6 Å². The first-order chi connectivity index (χ1) is 14.1. The van der Waals surface area contributed by atoms with Gasteiger partial charge in [0.2, 0.25) is 0 Å². The van der Waals surface area contributed by atoms with Gasteiger partial charge in [0.15, 0.2) is 0 Å². The number of hydrogen-bond acceptors (Lipinski definition) is 6. The summed E-state index contributed by atoms with van der Waals surface area (Å²) < 4.78 is 39.5. The highest BCUT2D eigenvalue weighted by atomic mass is 32.1. The van der Waals surface area contributed by atoms with Gasteiger partial charge in [0.1, 0.15) is 11.7 Å². The third-order valence-corrected chi connectivity index (χ3v) is 5.47. The van der Waals surface area contributed by atoms with E-state index in [4.69, 9.17) is 0 Å². The number of aromatic amines is 1. The van der Waals surface area contributed by atoms with E-state index in [0.29, 0.717) is 4.57 Å². The van der Waals surface area contributed by atoms with E-state index < -0.39 is 35.0 Å². The van der Waals surface area contributed by atoms with Gasteiger partial charge in [0, 0.05) is 12.6 Å². The summed E-state index contributed by atoms with van der Waals surface area (Å²) in [5, 5.41) is 9.84. The number of fused-ring (bicyclic) bond motifs is 2. The van der Waals surface area contributed by atoms with Gasteiger partial charge in [-0.1, -0.05) is 0 Å². The topological polar surface area (TPSA) is 118 Å². The number of carboxylic acids is 1. The van der Waals surface area contributed by atoms with Crippen LogP contribution in [0.15, 0.2) is 46.1 Å². The van der Waals surface area contributed by atoms with Gasteiger partial charge in [-0.15, -0.1) is 11.3 Å². The van der Waals surface area contributed by atoms with E-state index in [1.54, 1.807) is 0 Å². The van der Waals surface area contributed by atoms with Crippen LogP contribution in [0, 0.1) is 0 Å². The summed E-state index contributed by atoms with van der Waals surface area (Å²) in [7, 11) is 0. The number of nitrogens with zero attached hydrogens (tertiary/aromatic N) is 3. The molecule has 0 aliphatic heterocycles. The lowest BCUT2D eigenvalue weighted by Crippen LogP contribution is -2.42. The van der Waals surface area contributed by atoms with Crippen LogP contribution < -0.4 is 11.2 Å². The van der Waals surface area contributed by atoms with E-state index in [1.807, 2.05) is 0 Å². The quantitative estimate of drug-likeness (QED) is 0.508. The molecule has 1 aromatic carbocycles. The fourth-order valence-corrected chi connectivity index (χ4v) is 4.08. The van der Waals surface area contributed by atoms with Crippen LogP contribution in [0.1, 0.15) is 16.6 Å². The van der Waals surface area contributed by atoms with E-state index in [0.717, 1.165) is 23.5 Å². The van der Waals surface area contributed by atoms with Crippen molar-refractivity contribution in [3.05, 3.63) is 67.9 Å². The van der Waals surface area contributed by atoms with Crippen molar-refractivity contribution in [1.29, 1.82) is 0 Å². The fourth-order valence-electron chi connectivity index (χ4n) is 3.03. The first-order valence-corrected chi connectivity index (χ1v) is 9.26. The highest BCUT2D eigenvalue weighted by molar-refractivity contribution is 7.18. The first kappa shape index (κ1) is 19.8. The third-order valence-electron chi connectivity index (χ3n) is 4.43. The van der Waals surface area contributed by atoms with Crippen LogP contribution in [0.2, 0.25) is 0 Å². The molecule has 4 aromatic rings. The van der Waals surface area contributed by atoms with Crippen LogP contribution in [-0.2, 0) is 17.4 Å². The Bertz CT molecular complexity index is 1410. The molecule has 0 spiro atoms. The molecule has 154 valence electrons. The smallest absolute Gasteiger partial charge is 0.416 e. The number of alkyl halides is 3. The van der Waals surface area contributed by atoms with Crippen molar-refractivity contribution in [2.45, 2.75) is 18.6 Å².